The molecule has 2 aromatic carbocycles. The lowest BCUT2D eigenvalue weighted by Crippen LogP contribution is -2.29. The molecule has 0 atom stereocenters. The largest absolute Gasteiger partial charge is 0.290 e. The molecule has 0 saturated carbocycles. The molecule has 0 unspecified atom stereocenters. The van der Waals surface area contributed by atoms with Crippen molar-refractivity contribution in [3.8, 4) is 0 Å². The molecule has 0 aliphatic heterocycles. The average Bonchev–Trinajstić information content (AvgIpc) is 2.49. The number of nitrogens with two attached hydrogens (primary N) is 1. The van der Waals surface area contributed by atoms with E-state index in [2.05, 4.69) is 5.43 Å². The molecule has 0 bridgehead atoms. The Morgan fingerprint density at radius 2 is 1.80 bits per heavy atom. The topological polar surface area (TPSA) is 55.1 Å². The molecule has 2 rings (SSSR count). The van der Waals surface area contributed by atoms with Crippen LogP contribution in [0, 0.1) is 0 Å². The van der Waals surface area contributed by atoms with Crippen LogP contribution in [0.1, 0.15) is 21.5 Å². The molecule has 2 aromatic rings. The quantitative estimate of drug-likeness (QED) is 0.506. The third-order valence-corrected chi connectivity index (χ3v) is 4.25. The third kappa shape index (κ3) is 4.00. The first-order valence-corrected chi connectivity index (χ1v) is 7.65. The van der Waals surface area contributed by atoms with Crippen LogP contribution in [0.5, 0.6) is 0 Å². The summed E-state index contributed by atoms with van der Waals surface area (Å²) in [6.07, 6.45) is 0. The van der Waals surface area contributed by atoms with E-state index < -0.39 is 0 Å². The van der Waals surface area contributed by atoms with Crippen LogP contribution in [0.15, 0.2) is 48.5 Å². The highest BCUT2D eigenvalue weighted by Gasteiger charge is 2.03. The first kappa shape index (κ1) is 14.9. The van der Waals surface area contributed by atoms with Gasteiger partial charge in [-0.2, -0.15) is 11.8 Å². The molecule has 3 N–H and O–H groups in total. The van der Waals surface area contributed by atoms with Gasteiger partial charge in [0.25, 0.3) is 5.91 Å². The predicted molar refractivity (Wildman–Crippen MR) is 84.5 cm³/mol. The number of carbonyl (C=O) groups excluding carboxylic acids is 1. The number of carbonyl (C=O) groups is 1. The molecule has 5 heteroatoms. The smallest absolute Gasteiger partial charge is 0.265 e. The van der Waals surface area contributed by atoms with Gasteiger partial charge < -0.3 is 0 Å². The Balaban J connectivity index is 1.88. The number of hydrogen-bond donors (Lipinski definition) is 2. The average molecular weight is 307 g/mol. The van der Waals surface area contributed by atoms with Crippen molar-refractivity contribution in [3.63, 3.8) is 0 Å². The Hall–Kier alpha value is -1.49. The summed E-state index contributed by atoms with van der Waals surface area (Å²) in [6.45, 7) is 0. The highest BCUT2D eigenvalue weighted by molar-refractivity contribution is 7.97. The molecule has 0 saturated heterocycles. The maximum atomic E-state index is 11.3. The first-order valence-electron chi connectivity index (χ1n) is 6.11. The second-order valence-corrected chi connectivity index (χ2v) is 5.65. The second-order valence-electron chi connectivity index (χ2n) is 4.25. The summed E-state index contributed by atoms with van der Waals surface area (Å²) in [5.74, 6) is 6.54. The Labute approximate surface area is 127 Å². The Kier molecular flexibility index (Phi) is 5.47. The molecular formula is C15H15ClN2OS. The number of thioether (sulfide) groups is 1. The van der Waals surface area contributed by atoms with Gasteiger partial charge in [0, 0.05) is 22.1 Å². The van der Waals surface area contributed by atoms with Gasteiger partial charge >= 0.3 is 0 Å². The molecule has 0 heterocycles. The molecule has 0 fully saturated rings. The minimum atomic E-state index is -0.278. The number of halogens is 1. The van der Waals surface area contributed by atoms with Crippen LogP contribution in [0.25, 0.3) is 0 Å². The summed E-state index contributed by atoms with van der Waals surface area (Å²) in [5, 5.41) is 0.801. The van der Waals surface area contributed by atoms with Crippen molar-refractivity contribution in [2.75, 3.05) is 0 Å². The van der Waals surface area contributed by atoms with Gasteiger partial charge in [0.1, 0.15) is 0 Å². The van der Waals surface area contributed by atoms with E-state index in [1.807, 2.05) is 36.4 Å². The first-order chi connectivity index (χ1) is 9.70. The predicted octanol–water partition coefficient (Wildman–Crippen LogP) is 3.38. The number of hydrazine groups is 1. The van der Waals surface area contributed by atoms with Crippen molar-refractivity contribution >= 4 is 29.3 Å². The second kappa shape index (κ2) is 7.33. The normalized spacial score (nSPS) is 10.3. The standard InChI is InChI=1S/C15H15ClN2OS/c16-14-4-2-1-3-13(14)10-20-9-11-5-7-12(8-6-11)15(19)18-17/h1-8H,9-10,17H2,(H,18,19). The highest BCUT2D eigenvalue weighted by atomic mass is 35.5. The maximum absolute atomic E-state index is 11.3. The van der Waals surface area contributed by atoms with Crippen LogP contribution in [0.3, 0.4) is 0 Å². The van der Waals surface area contributed by atoms with E-state index in [9.17, 15) is 4.79 Å². The van der Waals surface area contributed by atoms with Gasteiger partial charge in [-0.1, -0.05) is 41.9 Å². The van der Waals surface area contributed by atoms with Crippen molar-refractivity contribution in [3.05, 3.63) is 70.2 Å². The van der Waals surface area contributed by atoms with E-state index >= 15 is 0 Å². The van der Waals surface area contributed by atoms with Gasteiger partial charge in [-0.05, 0) is 29.3 Å². The number of amides is 1. The van der Waals surface area contributed by atoms with E-state index in [-0.39, 0.29) is 5.91 Å². The summed E-state index contributed by atoms with van der Waals surface area (Å²) < 4.78 is 0. The molecule has 0 aliphatic carbocycles. The highest BCUT2D eigenvalue weighted by Crippen LogP contribution is 2.23. The van der Waals surface area contributed by atoms with Gasteiger partial charge in [-0.3, -0.25) is 10.2 Å². The zero-order valence-electron chi connectivity index (χ0n) is 10.8. The van der Waals surface area contributed by atoms with Gasteiger partial charge in [0.05, 0.1) is 0 Å². The van der Waals surface area contributed by atoms with E-state index in [0.717, 1.165) is 27.7 Å². The van der Waals surface area contributed by atoms with Crippen LogP contribution in [0.2, 0.25) is 5.02 Å². The zero-order valence-corrected chi connectivity index (χ0v) is 12.4. The van der Waals surface area contributed by atoms with E-state index in [0.29, 0.717) is 5.56 Å². The fourth-order valence-electron chi connectivity index (χ4n) is 1.73. The van der Waals surface area contributed by atoms with E-state index in [1.54, 1.807) is 23.9 Å². The molecule has 0 aromatic heterocycles. The number of rotatable bonds is 5. The Bertz CT molecular complexity index is 587. The van der Waals surface area contributed by atoms with Crippen molar-refractivity contribution in [2.24, 2.45) is 5.84 Å². The lowest BCUT2D eigenvalue weighted by Gasteiger charge is -2.05. The van der Waals surface area contributed by atoms with Gasteiger partial charge in [0.15, 0.2) is 0 Å². The summed E-state index contributed by atoms with van der Waals surface area (Å²) in [7, 11) is 0. The zero-order chi connectivity index (χ0) is 14.4. The maximum Gasteiger partial charge on any atom is 0.265 e. The molecule has 0 radical (unpaired) electrons. The molecule has 3 nitrogen and oxygen atoms in total. The molecule has 0 aliphatic rings. The summed E-state index contributed by atoms with van der Waals surface area (Å²) in [5.41, 5.74) is 4.98. The van der Waals surface area contributed by atoms with E-state index in [4.69, 9.17) is 17.4 Å². The van der Waals surface area contributed by atoms with Crippen LogP contribution < -0.4 is 11.3 Å². The molecule has 0 spiro atoms. The Morgan fingerprint density at radius 1 is 1.10 bits per heavy atom. The van der Waals surface area contributed by atoms with Crippen LogP contribution in [0.4, 0.5) is 0 Å². The summed E-state index contributed by atoms with van der Waals surface area (Å²) in [4.78, 5) is 11.3. The van der Waals surface area contributed by atoms with Crippen molar-refractivity contribution < 1.29 is 4.79 Å². The van der Waals surface area contributed by atoms with E-state index in [1.165, 1.54) is 0 Å². The van der Waals surface area contributed by atoms with Gasteiger partial charge in [-0.15, -0.1) is 0 Å². The number of nitrogen functional groups attached to an aromatic ring is 1. The molecule has 1 amide bonds. The summed E-state index contributed by atoms with van der Waals surface area (Å²) in [6, 6.07) is 15.3. The monoisotopic (exact) mass is 306 g/mol. The molecular weight excluding hydrogens is 292 g/mol. The fourth-order valence-corrected chi connectivity index (χ4v) is 3.01. The minimum Gasteiger partial charge on any atom is -0.290 e. The number of benzene rings is 2. The third-order valence-electron chi connectivity index (χ3n) is 2.83. The van der Waals surface area contributed by atoms with Crippen molar-refractivity contribution in [1.82, 2.24) is 5.43 Å². The number of hydrogen-bond acceptors (Lipinski definition) is 3. The lowest BCUT2D eigenvalue weighted by molar-refractivity contribution is 0.0953. The minimum absolute atomic E-state index is 0.278. The van der Waals surface area contributed by atoms with Gasteiger partial charge in [-0.25, -0.2) is 5.84 Å². The SMILES string of the molecule is NNC(=O)c1ccc(CSCc2ccccc2Cl)cc1. The van der Waals surface area contributed by atoms with Crippen LogP contribution >= 0.6 is 23.4 Å². The lowest BCUT2D eigenvalue weighted by atomic mass is 10.1. The fraction of sp³-hybridized carbons (Fsp3) is 0.133. The molecule has 20 heavy (non-hydrogen) atoms. The van der Waals surface area contributed by atoms with Crippen molar-refractivity contribution in [1.29, 1.82) is 0 Å². The number of nitrogens with one attached hydrogen (secondary N) is 1. The van der Waals surface area contributed by atoms with Crippen LogP contribution in [-0.4, -0.2) is 5.91 Å². The Morgan fingerprint density at radius 3 is 2.45 bits per heavy atom. The molecule has 104 valence electrons. The van der Waals surface area contributed by atoms with Crippen LogP contribution in [-0.2, 0) is 11.5 Å². The summed E-state index contributed by atoms with van der Waals surface area (Å²) >= 11 is 7.89. The van der Waals surface area contributed by atoms with Gasteiger partial charge in [0.2, 0.25) is 0 Å². The van der Waals surface area contributed by atoms with Crippen molar-refractivity contribution in [2.45, 2.75) is 11.5 Å².